The molecule has 0 aromatic heterocycles. The molecular formula is C14H26N2O2. The van der Waals surface area contributed by atoms with Crippen LogP contribution in [0.4, 0.5) is 0 Å². The SMILES string of the molecule is C=C(CNCC1(C)CCN(C)CC1)C(=O)OCC. The summed E-state index contributed by atoms with van der Waals surface area (Å²) in [5, 5.41) is 3.33. The van der Waals surface area contributed by atoms with Gasteiger partial charge in [0.05, 0.1) is 6.61 Å². The molecule has 1 rings (SSSR count). The summed E-state index contributed by atoms with van der Waals surface area (Å²) in [5.41, 5.74) is 0.843. The van der Waals surface area contributed by atoms with E-state index in [1.807, 2.05) is 0 Å². The zero-order valence-electron chi connectivity index (χ0n) is 11.9. The lowest BCUT2D eigenvalue weighted by molar-refractivity contribution is -0.138. The molecule has 0 amide bonds. The summed E-state index contributed by atoms with van der Waals surface area (Å²) in [7, 11) is 2.16. The number of ether oxygens (including phenoxy) is 1. The van der Waals surface area contributed by atoms with Crippen molar-refractivity contribution in [2.45, 2.75) is 26.7 Å². The fraction of sp³-hybridized carbons (Fsp3) is 0.786. The predicted octanol–water partition coefficient (Wildman–Crippen LogP) is 1.43. The Morgan fingerprint density at radius 2 is 2.06 bits per heavy atom. The lowest BCUT2D eigenvalue weighted by atomic mass is 9.80. The highest BCUT2D eigenvalue weighted by Gasteiger charge is 2.28. The highest BCUT2D eigenvalue weighted by atomic mass is 16.5. The molecule has 4 nitrogen and oxygen atoms in total. The van der Waals surface area contributed by atoms with Gasteiger partial charge in [-0.05, 0) is 45.3 Å². The van der Waals surface area contributed by atoms with Crippen LogP contribution in [0.3, 0.4) is 0 Å². The molecule has 0 aliphatic carbocycles. The van der Waals surface area contributed by atoms with E-state index in [-0.39, 0.29) is 5.97 Å². The molecule has 104 valence electrons. The normalized spacial score (nSPS) is 19.5. The van der Waals surface area contributed by atoms with Gasteiger partial charge in [0.2, 0.25) is 0 Å². The van der Waals surface area contributed by atoms with Gasteiger partial charge in [-0.3, -0.25) is 0 Å². The number of rotatable bonds is 6. The maximum Gasteiger partial charge on any atom is 0.334 e. The maximum atomic E-state index is 11.4. The fourth-order valence-electron chi connectivity index (χ4n) is 2.16. The molecule has 1 fully saturated rings. The summed E-state index contributed by atoms with van der Waals surface area (Å²) in [6.45, 7) is 12.0. The molecule has 0 radical (unpaired) electrons. The van der Waals surface area contributed by atoms with Crippen molar-refractivity contribution in [1.82, 2.24) is 10.2 Å². The van der Waals surface area contributed by atoms with Crippen molar-refractivity contribution in [3.05, 3.63) is 12.2 Å². The molecule has 0 saturated carbocycles. The minimum atomic E-state index is -0.293. The van der Waals surface area contributed by atoms with Crippen LogP contribution in [0.5, 0.6) is 0 Å². The smallest absolute Gasteiger partial charge is 0.334 e. The first-order valence-corrected chi connectivity index (χ1v) is 6.71. The average molecular weight is 254 g/mol. The topological polar surface area (TPSA) is 41.6 Å². The van der Waals surface area contributed by atoms with Gasteiger partial charge in [0.25, 0.3) is 0 Å². The van der Waals surface area contributed by atoms with Crippen LogP contribution in [0.2, 0.25) is 0 Å². The molecule has 0 aromatic carbocycles. The van der Waals surface area contributed by atoms with Crippen LogP contribution in [0.25, 0.3) is 0 Å². The molecule has 1 saturated heterocycles. The van der Waals surface area contributed by atoms with E-state index in [1.54, 1.807) is 6.92 Å². The van der Waals surface area contributed by atoms with Crippen molar-refractivity contribution in [2.75, 3.05) is 39.8 Å². The monoisotopic (exact) mass is 254 g/mol. The van der Waals surface area contributed by atoms with Crippen LogP contribution in [0, 0.1) is 5.41 Å². The molecule has 1 heterocycles. The number of carbonyl (C=O) groups excluding carboxylic acids is 1. The van der Waals surface area contributed by atoms with Crippen molar-refractivity contribution < 1.29 is 9.53 Å². The maximum absolute atomic E-state index is 11.4. The van der Waals surface area contributed by atoms with Gasteiger partial charge in [-0.2, -0.15) is 0 Å². The third-order valence-corrected chi connectivity index (χ3v) is 3.65. The van der Waals surface area contributed by atoms with Gasteiger partial charge in [0.15, 0.2) is 0 Å². The molecule has 0 unspecified atom stereocenters. The molecule has 1 aliphatic rings. The molecule has 0 atom stereocenters. The Morgan fingerprint density at radius 1 is 1.44 bits per heavy atom. The van der Waals surface area contributed by atoms with Crippen molar-refractivity contribution in [1.29, 1.82) is 0 Å². The van der Waals surface area contributed by atoms with E-state index in [0.717, 1.165) is 19.6 Å². The van der Waals surface area contributed by atoms with Crippen LogP contribution < -0.4 is 5.32 Å². The first-order valence-electron chi connectivity index (χ1n) is 6.71. The van der Waals surface area contributed by atoms with E-state index in [0.29, 0.717) is 24.1 Å². The largest absolute Gasteiger partial charge is 0.463 e. The summed E-state index contributed by atoms with van der Waals surface area (Å²) in [5.74, 6) is -0.293. The van der Waals surface area contributed by atoms with Gasteiger partial charge >= 0.3 is 5.97 Å². The van der Waals surface area contributed by atoms with Crippen molar-refractivity contribution >= 4 is 5.97 Å². The van der Waals surface area contributed by atoms with Gasteiger partial charge < -0.3 is 15.0 Å². The van der Waals surface area contributed by atoms with E-state index in [1.165, 1.54) is 12.8 Å². The first kappa shape index (κ1) is 15.2. The number of likely N-dealkylation sites (tertiary alicyclic amines) is 1. The molecule has 4 heteroatoms. The quantitative estimate of drug-likeness (QED) is 0.575. The second-order valence-electron chi connectivity index (χ2n) is 5.54. The number of hydrogen-bond acceptors (Lipinski definition) is 4. The van der Waals surface area contributed by atoms with Gasteiger partial charge in [0.1, 0.15) is 0 Å². The number of hydrogen-bond donors (Lipinski definition) is 1. The summed E-state index contributed by atoms with van der Waals surface area (Å²) in [6, 6.07) is 0. The van der Waals surface area contributed by atoms with Gasteiger partial charge in [-0.15, -0.1) is 0 Å². The lowest BCUT2D eigenvalue weighted by Gasteiger charge is -2.38. The highest BCUT2D eigenvalue weighted by molar-refractivity contribution is 5.88. The van der Waals surface area contributed by atoms with Crippen LogP contribution in [-0.2, 0) is 9.53 Å². The van der Waals surface area contributed by atoms with Crippen molar-refractivity contribution in [3.63, 3.8) is 0 Å². The third-order valence-electron chi connectivity index (χ3n) is 3.65. The predicted molar refractivity (Wildman–Crippen MR) is 73.5 cm³/mol. The molecule has 1 N–H and O–H groups in total. The Bertz CT molecular complexity index is 294. The number of nitrogens with zero attached hydrogens (tertiary/aromatic N) is 1. The van der Waals surface area contributed by atoms with E-state index in [9.17, 15) is 4.79 Å². The summed E-state index contributed by atoms with van der Waals surface area (Å²) in [4.78, 5) is 13.7. The zero-order valence-corrected chi connectivity index (χ0v) is 11.9. The van der Waals surface area contributed by atoms with E-state index >= 15 is 0 Å². The Morgan fingerprint density at radius 3 is 2.61 bits per heavy atom. The van der Waals surface area contributed by atoms with E-state index in [4.69, 9.17) is 4.74 Å². The number of esters is 1. The zero-order chi connectivity index (χ0) is 13.6. The molecule has 0 aromatic rings. The second-order valence-corrected chi connectivity index (χ2v) is 5.54. The minimum absolute atomic E-state index is 0.293. The number of nitrogens with one attached hydrogen (secondary N) is 1. The lowest BCUT2D eigenvalue weighted by Crippen LogP contribution is -2.42. The van der Waals surface area contributed by atoms with E-state index < -0.39 is 0 Å². The Kier molecular flexibility index (Phi) is 5.82. The average Bonchev–Trinajstić information content (AvgIpc) is 2.33. The minimum Gasteiger partial charge on any atom is -0.463 e. The van der Waals surface area contributed by atoms with Gasteiger partial charge in [0, 0.05) is 18.7 Å². The number of piperidine rings is 1. The van der Waals surface area contributed by atoms with Crippen molar-refractivity contribution in [3.8, 4) is 0 Å². The second kappa shape index (κ2) is 6.90. The Labute approximate surface area is 110 Å². The molecule has 1 aliphatic heterocycles. The highest BCUT2D eigenvalue weighted by Crippen LogP contribution is 2.29. The van der Waals surface area contributed by atoms with Gasteiger partial charge in [-0.25, -0.2) is 4.79 Å². The Balaban J connectivity index is 2.25. The van der Waals surface area contributed by atoms with Crippen LogP contribution in [-0.4, -0.2) is 50.7 Å². The molecule has 0 spiro atoms. The van der Waals surface area contributed by atoms with Crippen LogP contribution in [0.15, 0.2) is 12.2 Å². The summed E-state index contributed by atoms with van der Waals surface area (Å²) < 4.78 is 4.90. The fourth-order valence-corrected chi connectivity index (χ4v) is 2.16. The van der Waals surface area contributed by atoms with Gasteiger partial charge in [-0.1, -0.05) is 13.5 Å². The summed E-state index contributed by atoms with van der Waals surface area (Å²) >= 11 is 0. The van der Waals surface area contributed by atoms with E-state index in [2.05, 4.69) is 30.8 Å². The third kappa shape index (κ3) is 4.78. The first-order chi connectivity index (χ1) is 8.47. The molecule has 0 bridgehead atoms. The number of carbonyl (C=O) groups is 1. The molecular weight excluding hydrogens is 228 g/mol. The molecule has 18 heavy (non-hydrogen) atoms. The van der Waals surface area contributed by atoms with Crippen LogP contribution >= 0.6 is 0 Å². The van der Waals surface area contributed by atoms with Crippen molar-refractivity contribution in [2.24, 2.45) is 5.41 Å². The Hall–Kier alpha value is -0.870. The summed E-state index contributed by atoms with van der Waals surface area (Å²) in [6.07, 6.45) is 2.39. The van der Waals surface area contributed by atoms with Crippen LogP contribution in [0.1, 0.15) is 26.7 Å². The standard InChI is InChI=1S/C14H26N2O2/c1-5-18-13(17)12(2)10-15-11-14(3)6-8-16(4)9-7-14/h15H,2,5-11H2,1,3-4H3.